The molecule has 0 unspecified atom stereocenters. The second kappa shape index (κ2) is 8.44. The fraction of sp³-hybridized carbons (Fsp3) is 0.333. The van der Waals surface area contributed by atoms with Gasteiger partial charge in [0.05, 0.1) is 13.7 Å². The number of rotatable bonds is 7. The Kier molecular flexibility index (Phi) is 6.58. The van der Waals surface area contributed by atoms with Gasteiger partial charge in [0.25, 0.3) is 0 Å². The predicted octanol–water partition coefficient (Wildman–Crippen LogP) is 3.73. The van der Waals surface area contributed by atoms with Gasteiger partial charge in [0.2, 0.25) is 0 Å². The molecule has 0 bridgehead atoms. The van der Waals surface area contributed by atoms with Crippen molar-refractivity contribution >= 4 is 45.0 Å². The monoisotopic (exact) mass is 450 g/mol. The minimum atomic E-state index is -0.456. The maximum Gasteiger partial charge on any atom is 0.357 e. The number of halogens is 2. The van der Waals surface area contributed by atoms with Crippen LogP contribution in [0.3, 0.4) is 0 Å². The number of carbonyl (C=O) groups excluding carboxylic acids is 1. The molecule has 0 saturated heterocycles. The van der Waals surface area contributed by atoms with Crippen LogP contribution in [-0.2, 0) is 11.2 Å². The molecule has 0 radical (unpaired) electrons. The molecule has 0 amide bonds. The third-order valence-corrected chi connectivity index (χ3v) is 4.79. The summed E-state index contributed by atoms with van der Waals surface area (Å²) in [6.07, 6.45) is 1.25. The SMILES string of the molecule is CNc1nc(C(=O)OC)c(CCCOc2ccc(I)cc2F)s1. The molecule has 23 heavy (non-hydrogen) atoms. The van der Waals surface area contributed by atoms with Crippen LogP contribution in [-0.4, -0.2) is 31.7 Å². The first-order chi connectivity index (χ1) is 11.0. The Hall–Kier alpha value is -1.42. The summed E-state index contributed by atoms with van der Waals surface area (Å²) < 4.78 is 24.7. The lowest BCUT2D eigenvalue weighted by Crippen LogP contribution is -2.06. The number of hydrogen-bond donors (Lipinski definition) is 1. The number of aryl methyl sites for hydroxylation is 1. The van der Waals surface area contributed by atoms with Crippen molar-refractivity contribution in [3.8, 4) is 5.75 Å². The Balaban J connectivity index is 1.93. The van der Waals surface area contributed by atoms with E-state index < -0.39 is 5.97 Å². The fourth-order valence-corrected chi connectivity index (χ4v) is 3.29. The maximum absolute atomic E-state index is 13.7. The molecule has 0 aliphatic rings. The molecule has 5 nitrogen and oxygen atoms in total. The molecule has 2 aromatic rings. The number of nitrogens with zero attached hydrogens (tertiary/aromatic N) is 1. The Labute approximate surface area is 151 Å². The summed E-state index contributed by atoms with van der Waals surface area (Å²) in [4.78, 5) is 16.7. The molecule has 0 aliphatic heterocycles. The zero-order valence-corrected chi connectivity index (χ0v) is 15.7. The molecule has 1 heterocycles. The zero-order valence-electron chi connectivity index (χ0n) is 12.7. The Bertz CT molecular complexity index is 693. The maximum atomic E-state index is 13.7. The van der Waals surface area contributed by atoms with Gasteiger partial charge in [-0.1, -0.05) is 0 Å². The highest BCUT2D eigenvalue weighted by Gasteiger charge is 2.18. The molecule has 0 aliphatic carbocycles. The number of aromatic nitrogens is 1. The van der Waals surface area contributed by atoms with Crippen LogP contribution >= 0.6 is 33.9 Å². The summed E-state index contributed by atoms with van der Waals surface area (Å²) in [5, 5.41) is 3.57. The van der Waals surface area contributed by atoms with Crippen molar-refractivity contribution in [2.45, 2.75) is 12.8 Å². The minimum Gasteiger partial charge on any atom is -0.491 e. The summed E-state index contributed by atoms with van der Waals surface area (Å²) in [5.41, 5.74) is 0.322. The van der Waals surface area contributed by atoms with Gasteiger partial charge in [-0.25, -0.2) is 14.2 Å². The first-order valence-corrected chi connectivity index (χ1v) is 8.78. The molecule has 1 N–H and O–H groups in total. The molecule has 0 atom stereocenters. The van der Waals surface area contributed by atoms with E-state index in [0.29, 0.717) is 30.3 Å². The molecular formula is C15H16FIN2O3S. The van der Waals surface area contributed by atoms with E-state index in [9.17, 15) is 9.18 Å². The smallest absolute Gasteiger partial charge is 0.357 e. The van der Waals surface area contributed by atoms with Crippen molar-refractivity contribution in [1.29, 1.82) is 0 Å². The summed E-state index contributed by atoms with van der Waals surface area (Å²) in [7, 11) is 3.07. The van der Waals surface area contributed by atoms with Crippen molar-refractivity contribution in [3.63, 3.8) is 0 Å². The number of anilines is 1. The van der Waals surface area contributed by atoms with Gasteiger partial charge < -0.3 is 14.8 Å². The molecule has 1 aromatic heterocycles. The van der Waals surface area contributed by atoms with Crippen LogP contribution in [0.2, 0.25) is 0 Å². The van der Waals surface area contributed by atoms with Gasteiger partial charge in [-0.15, -0.1) is 11.3 Å². The number of carbonyl (C=O) groups is 1. The van der Waals surface area contributed by atoms with Gasteiger partial charge >= 0.3 is 5.97 Å². The molecule has 2 rings (SSSR count). The van der Waals surface area contributed by atoms with E-state index in [1.165, 1.54) is 24.5 Å². The highest BCUT2D eigenvalue weighted by atomic mass is 127. The first kappa shape index (κ1) is 17.9. The Morgan fingerprint density at radius 3 is 2.91 bits per heavy atom. The van der Waals surface area contributed by atoms with Crippen molar-refractivity contribution in [3.05, 3.63) is 38.2 Å². The third kappa shape index (κ3) is 4.77. The Morgan fingerprint density at radius 2 is 2.26 bits per heavy atom. The number of methoxy groups -OCH3 is 1. The molecule has 8 heteroatoms. The molecule has 0 saturated carbocycles. The number of esters is 1. The standard InChI is InChI=1S/C15H16FIN2O3S/c1-18-15-19-13(14(20)21-2)12(23-15)4-3-7-22-11-6-5-9(17)8-10(11)16/h5-6,8H,3-4,7H2,1-2H3,(H,18,19). The van der Waals surface area contributed by atoms with E-state index in [1.807, 2.05) is 22.6 Å². The van der Waals surface area contributed by atoms with Gasteiger partial charge in [0.15, 0.2) is 22.4 Å². The van der Waals surface area contributed by atoms with Crippen LogP contribution in [0.5, 0.6) is 5.75 Å². The normalized spacial score (nSPS) is 10.4. The largest absolute Gasteiger partial charge is 0.491 e. The molecular weight excluding hydrogens is 434 g/mol. The summed E-state index contributed by atoms with van der Waals surface area (Å²) in [6.45, 7) is 0.352. The number of nitrogens with one attached hydrogen (secondary N) is 1. The van der Waals surface area contributed by atoms with Gasteiger partial charge in [-0.3, -0.25) is 0 Å². The van der Waals surface area contributed by atoms with Crippen LogP contribution < -0.4 is 10.1 Å². The van der Waals surface area contributed by atoms with E-state index in [1.54, 1.807) is 19.2 Å². The average Bonchev–Trinajstić information content (AvgIpc) is 2.95. The van der Waals surface area contributed by atoms with E-state index in [-0.39, 0.29) is 11.6 Å². The van der Waals surface area contributed by atoms with Gasteiger partial charge in [0.1, 0.15) is 0 Å². The van der Waals surface area contributed by atoms with Crippen molar-refractivity contribution in [1.82, 2.24) is 4.98 Å². The summed E-state index contributed by atoms with van der Waals surface area (Å²) in [6, 6.07) is 4.83. The van der Waals surface area contributed by atoms with Gasteiger partial charge in [-0.2, -0.15) is 0 Å². The quantitative estimate of drug-likeness (QED) is 0.396. The second-order valence-corrected chi connectivity index (χ2v) is 6.89. The van der Waals surface area contributed by atoms with Crippen LogP contribution in [0.15, 0.2) is 18.2 Å². The topological polar surface area (TPSA) is 60.5 Å². The van der Waals surface area contributed by atoms with E-state index >= 15 is 0 Å². The minimum absolute atomic E-state index is 0.235. The fourth-order valence-electron chi connectivity index (χ4n) is 1.89. The van der Waals surface area contributed by atoms with Gasteiger partial charge in [-0.05, 0) is 53.6 Å². The average molecular weight is 450 g/mol. The van der Waals surface area contributed by atoms with Crippen LogP contribution in [0, 0.1) is 9.39 Å². The lowest BCUT2D eigenvalue weighted by Gasteiger charge is -2.07. The van der Waals surface area contributed by atoms with Crippen LogP contribution in [0.25, 0.3) is 0 Å². The van der Waals surface area contributed by atoms with Crippen molar-refractivity contribution in [2.24, 2.45) is 0 Å². The van der Waals surface area contributed by atoms with Crippen molar-refractivity contribution in [2.75, 3.05) is 26.1 Å². The first-order valence-electron chi connectivity index (χ1n) is 6.88. The molecule has 0 fully saturated rings. The summed E-state index contributed by atoms with van der Waals surface area (Å²) in [5.74, 6) is -0.594. The number of thiazole rings is 1. The third-order valence-electron chi connectivity index (χ3n) is 2.99. The Morgan fingerprint density at radius 1 is 1.48 bits per heavy atom. The lowest BCUT2D eigenvalue weighted by atomic mass is 10.2. The molecule has 124 valence electrons. The second-order valence-electron chi connectivity index (χ2n) is 4.56. The summed E-state index contributed by atoms with van der Waals surface area (Å²) >= 11 is 3.44. The highest BCUT2D eigenvalue weighted by molar-refractivity contribution is 14.1. The van der Waals surface area contributed by atoms with E-state index in [0.717, 1.165) is 8.45 Å². The highest BCUT2D eigenvalue weighted by Crippen LogP contribution is 2.25. The van der Waals surface area contributed by atoms with Crippen LogP contribution in [0.4, 0.5) is 9.52 Å². The molecule has 1 aromatic carbocycles. The molecule has 0 spiro atoms. The van der Waals surface area contributed by atoms with Gasteiger partial charge in [0, 0.05) is 15.5 Å². The van der Waals surface area contributed by atoms with Crippen molar-refractivity contribution < 1.29 is 18.7 Å². The number of hydrogen-bond acceptors (Lipinski definition) is 6. The predicted molar refractivity (Wildman–Crippen MR) is 95.9 cm³/mol. The van der Waals surface area contributed by atoms with E-state index in [2.05, 4.69) is 10.3 Å². The number of ether oxygens (including phenoxy) is 2. The number of benzene rings is 1. The van der Waals surface area contributed by atoms with Crippen LogP contribution in [0.1, 0.15) is 21.8 Å². The lowest BCUT2D eigenvalue weighted by molar-refractivity contribution is 0.0593. The zero-order chi connectivity index (χ0) is 16.8. The van der Waals surface area contributed by atoms with E-state index in [4.69, 9.17) is 9.47 Å².